The summed E-state index contributed by atoms with van der Waals surface area (Å²) in [5.41, 5.74) is 0.128. The van der Waals surface area contributed by atoms with Crippen molar-refractivity contribution in [2.24, 2.45) is 5.92 Å². The van der Waals surface area contributed by atoms with Crippen molar-refractivity contribution >= 4 is 5.91 Å². The van der Waals surface area contributed by atoms with Crippen LogP contribution >= 0.6 is 0 Å². The number of likely N-dealkylation sites (tertiary alicyclic amines) is 1. The van der Waals surface area contributed by atoms with Gasteiger partial charge in [0.15, 0.2) is 0 Å². The molecule has 0 radical (unpaired) electrons. The summed E-state index contributed by atoms with van der Waals surface area (Å²) in [5, 5.41) is 3.20. The van der Waals surface area contributed by atoms with E-state index in [1.165, 1.54) is 0 Å². The Morgan fingerprint density at radius 3 is 2.38 bits per heavy atom. The molecule has 2 fully saturated rings. The van der Waals surface area contributed by atoms with Crippen molar-refractivity contribution in [3.05, 3.63) is 0 Å². The van der Waals surface area contributed by atoms with Gasteiger partial charge in [0.05, 0.1) is 13.2 Å². The molecule has 2 saturated heterocycles. The topological polar surface area (TPSA) is 44.8 Å². The van der Waals surface area contributed by atoms with Crippen molar-refractivity contribution in [1.29, 1.82) is 0 Å². The van der Waals surface area contributed by atoms with Crippen LogP contribution in [-0.4, -0.2) is 74.2 Å². The number of hydrogen-bond acceptors (Lipinski definition) is 4. The molecule has 0 aromatic rings. The van der Waals surface area contributed by atoms with Gasteiger partial charge in [0, 0.05) is 31.6 Å². The van der Waals surface area contributed by atoms with Crippen LogP contribution in [0.25, 0.3) is 0 Å². The third-order valence-electron chi connectivity index (χ3n) is 4.81. The highest BCUT2D eigenvalue weighted by molar-refractivity contribution is 5.76. The molecule has 21 heavy (non-hydrogen) atoms. The van der Waals surface area contributed by atoms with Crippen LogP contribution in [0.4, 0.5) is 0 Å². The summed E-state index contributed by atoms with van der Waals surface area (Å²) < 4.78 is 5.50. The first kappa shape index (κ1) is 16.7. The lowest BCUT2D eigenvalue weighted by atomic mass is 9.85. The number of rotatable bonds is 5. The molecular weight excluding hydrogens is 266 g/mol. The minimum Gasteiger partial charge on any atom is -0.379 e. The molecule has 0 aliphatic carbocycles. The average molecular weight is 297 g/mol. The Morgan fingerprint density at radius 1 is 1.19 bits per heavy atom. The number of morpholine rings is 1. The molecule has 2 aliphatic rings. The van der Waals surface area contributed by atoms with E-state index in [0.29, 0.717) is 12.3 Å². The van der Waals surface area contributed by atoms with Gasteiger partial charge in [-0.25, -0.2) is 0 Å². The normalized spacial score (nSPS) is 24.2. The van der Waals surface area contributed by atoms with Gasteiger partial charge >= 0.3 is 0 Å². The molecule has 0 atom stereocenters. The van der Waals surface area contributed by atoms with Crippen LogP contribution in [-0.2, 0) is 9.53 Å². The van der Waals surface area contributed by atoms with Gasteiger partial charge in [0.2, 0.25) is 5.91 Å². The molecule has 2 rings (SSSR count). The summed E-state index contributed by atoms with van der Waals surface area (Å²) in [5.74, 6) is 0.610. The van der Waals surface area contributed by atoms with Gasteiger partial charge in [0.25, 0.3) is 0 Å². The second-order valence-corrected chi connectivity index (χ2v) is 7.00. The van der Waals surface area contributed by atoms with Crippen molar-refractivity contribution in [1.82, 2.24) is 15.1 Å². The van der Waals surface area contributed by atoms with Gasteiger partial charge < -0.3 is 15.0 Å². The predicted molar refractivity (Wildman–Crippen MR) is 84.3 cm³/mol. The third kappa shape index (κ3) is 4.66. The zero-order valence-corrected chi connectivity index (χ0v) is 13.9. The van der Waals surface area contributed by atoms with E-state index >= 15 is 0 Å². The van der Waals surface area contributed by atoms with Crippen LogP contribution in [0.3, 0.4) is 0 Å². The van der Waals surface area contributed by atoms with Gasteiger partial charge in [-0.2, -0.15) is 0 Å². The van der Waals surface area contributed by atoms with Gasteiger partial charge in [-0.15, -0.1) is 0 Å². The van der Waals surface area contributed by atoms with Crippen LogP contribution < -0.4 is 5.32 Å². The minimum absolute atomic E-state index is 0.128. The highest BCUT2D eigenvalue weighted by Crippen LogP contribution is 2.29. The van der Waals surface area contributed by atoms with Crippen molar-refractivity contribution < 1.29 is 9.53 Å². The molecule has 5 heteroatoms. The molecule has 2 heterocycles. The van der Waals surface area contributed by atoms with Gasteiger partial charge in [-0.05, 0) is 38.9 Å². The highest BCUT2D eigenvalue weighted by atomic mass is 16.5. The number of hydrogen-bond donors (Lipinski definition) is 1. The fourth-order valence-electron chi connectivity index (χ4n) is 3.38. The van der Waals surface area contributed by atoms with Crippen molar-refractivity contribution in [3.63, 3.8) is 0 Å². The van der Waals surface area contributed by atoms with E-state index in [-0.39, 0.29) is 11.4 Å². The van der Waals surface area contributed by atoms with Gasteiger partial charge in [0.1, 0.15) is 0 Å². The zero-order chi connectivity index (χ0) is 15.3. The summed E-state index contributed by atoms with van der Waals surface area (Å²) in [6.45, 7) is 10.8. The van der Waals surface area contributed by atoms with E-state index in [1.807, 2.05) is 0 Å². The minimum atomic E-state index is 0.128. The van der Waals surface area contributed by atoms with Crippen LogP contribution in [0.5, 0.6) is 0 Å². The fraction of sp³-hybridized carbons (Fsp3) is 0.938. The monoisotopic (exact) mass is 297 g/mol. The smallest absolute Gasteiger partial charge is 0.220 e. The van der Waals surface area contributed by atoms with E-state index in [4.69, 9.17) is 4.74 Å². The molecule has 1 amide bonds. The zero-order valence-electron chi connectivity index (χ0n) is 13.9. The maximum Gasteiger partial charge on any atom is 0.220 e. The first-order chi connectivity index (χ1) is 10.0. The van der Waals surface area contributed by atoms with E-state index in [9.17, 15) is 4.79 Å². The van der Waals surface area contributed by atoms with Crippen molar-refractivity contribution in [3.8, 4) is 0 Å². The Hall–Kier alpha value is -0.650. The van der Waals surface area contributed by atoms with Gasteiger partial charge in [-0.1, -0.05) is 13.8 Å². The molecule has 0 bridgehead atoms. The largest absolute Gasteiger partial charge is 0.379 e. The van der Waals surface area contributed by atoms with Crippen LogP contribution in [0.1, 0.15) is 33.1 Å². The van der Waals surface area contributed by atoms with E-state index < -0.39 is 0 Å². The summed E-state index contributed by atoms with van der Waals surface area (Å²) in [7, 11) is 2.18. The summed E-state index contributed by atoms with van der Waals surface area (Å²) >= 11 is 0. The molecule has 0 aromatic heterocycles. The molecule has 1 N–H and O–H groups in total. The fourth-order valence-corrected chi connectivity index (χ4v) is 3.38. The number of piperidine rings is 1. The Kier molecular flexibility index (Phi) is 6.02. The number of nitrogens with one attached hydrogen (secondary N) is 1. The Morgan fingerprint density at radius 2 is 1.81 bits per heavy atom. The summed E-state index contributed by atoms with van der Waals surface area (Å²) in [4.78, 5) is 17.0. The second kappa shape index (κ2) is 7.56. The highest BCUT2D eigenvalue weighted by Gasteiger charge is 2.39. The number of carbonyl (C=O) groups is 1. The summed E-state index contributed by atoms with van der Waals surface area (Å²) in [6, 6.07) is 0. The quantitative estimate of drug-likeness (QED) is 0.820. The maximum absolute atomic E-state index is 12.0. The molecule has 0 aromatic carbocycles. The lowest BCUT2D eigenvalue weighted by Crippen LogP contribution is -2.62. The second-order valence-electron chi connectivity index (χ2n) is 7.00. The molecule has 5 nitrogen and oxygen atoms in total. The summed E-state index contributed by atoms with van der Waals surface area (Å²) in [6.07, 6.45) is 2.88. The Balaban J connectivity index is 1.96. The number of nitrogens with zero attached hydrogens (tertiary/aromatic N) is 2. The third-order valence-corrected chi connectivity index (χ3v) is 4.81. The predicted octanol–water partition coefficient (Wildman–Crippen LogP) is 0.945. The standard InChI is InChI=1S/C16H31N3O2/c1-14(2)12-15(20)17-13-16(4-6-18(3)7-5-16)19-8-10-21-11-9-19/h14H,4-13H2,1-3H3,(H,17,20). The van der Waals surface area contributed by atoms with Crippen LogP contribution in [0.2, 0.25) is 0 Å². The van der Waals surface area contributed by atoms with E-state index in [2.05, 4.69) is 36.0 Å². The van der Waals surface area contributed by atoms with E-state index in [0.717, 1.165) is 58.8 Å². The molecule has 2 aliphatic heterocycles. The number of amides is 1. The SMILES string of the molecule is CC(C)CC(=O)NCC1(N2CCOCC2)CCN(C)CC1. The lowest BCUT2D eigenvalue weighted by Gasteiger charge is -2.49. The number of ether oxygens (including phenoxy) is 1. The van der Waals surface area contributed by atoms with Crippen LogP contribution in [0.15, 0.2) is 0 Å². The molecule has 0 saturated carbocycles. The number of carbonyl (C=O) groups excluding carboxylic acids is 1. The molecule has 0 unspecified atom stereocenters. The van der Waals surface area contributed by atoms with Crippen LogP contribution in [0, 0.1) is 5.92 Å². The molecule has 122 valence electrons. The van der Waals surface area contributed by atoms with E-state index in [1.54, 1.807) is 0 Å². The average Bonchev–Trinajstić information content (AvgIpc) is 2.47. The van der Waals surface area contributed by atoms with Crippen molar-refractivity contribution in [2.45, 2.75) is 38.6 Å². The Bertz CT molecular complexity index is 332. The first-order valence-corrected chi connectivity index (χ1v) is 8.30. The molecular formula is C16H31N3O2. The van der Waals surface area contributed by atoms with Gasteiger partial charge in [-0.3, -0.25) is 9.69 Å². The first-order valence-electron chi connectivity index (χ1n) is 8.30. The Labute approximate surface area is 129 Å². The maximum atomic E-state index is 12.0. The van der Waals surface area contributed by atoms with Crippen molar-refractivity contribution in [2.75, 3.05) is 53.0 Å². The lowest BCUT2D eigenvalue weighted by molar-refractivity contribution is -0.123. The molecule has 0 spiro atoms.